The van der Waals surface area contributed by atoms with E-state index >= 15 is 0 Å². The van der Waals surface area contributed by atoms with E-state index in [-0.39, 0.29) is 35.3 Å². The van der Waals surface area contributed by atoms with Gasteiger partial charge in [-0.05, 0) is 29.5 Å². The maximum Gasteiger partial charge on any atom is 0.254 e. The number of imidazole rings is 1. The predicted molar refractivity (Wildman–Crippen MR) is 142 cm³/mol. The Bertz CT molecular complexity index is 1550. The second-order valence-corrected chi connectivity index (χ2v) is 9.74. The second-order valence-electron chi connectivity index (χ2n) is 8.71. The summed E-state index contributed by atoms with van der Waals surface area (Å²) >= 11 is 1.55. The first-order valence-electron chi connectivity index (χ1n) is 12.0. The number of benzene rings is 1. The number of nitrogens with zero attached hydrogens (tertiary/aromatic N) is 5. The Morgan fingerprint density at radius 1 is 1.18 bits per heavy atom. The molecule has 1 aromatic carbocycles. The Balaban J connectivity index is 1.41. The molecule has 0 radical (unpaired) electrons. The summed E-state index contributed by atoms with van der Waals surface area (Å²) in [4.78, 5) is 40.7. The summed E-state index contributed by atoms with van der Waals surface area (Å²) in [7, 11) is 1.40. The number of aliphatic hydroxyl groups excluding tert-OH is 2. The number of amides is 2. The van der Waals surface area contributed by atoms with E-state index in [4.69, 9.17) is 10.5 Å². The number of nitrogen functional groups attached to an aromatic ring is 1. The average Bonchev–Trinajstić information content (AvgIpc) is 3.68. The number of nitrogens with one attached hydrogen (secondary N) is 1. The molecule has 5 rings (SSSR count). The minimum Gasteiger partial charge on any atom is -0.387 e. The number of hydrogen-bond acceptors (Lipinski definition) is 10. The van der Waals surface area contributed by atoms with Crippen molar-refractivity contribution in [2.45, 2.75) is 31.1 Å². The molecule has 4 heterocycles. The summed E-state index contributed by atoms with van der Waals surface area (Å²) in [6.45, 7) is 0.497. The molecule has 1 aliphatic rings. The molecule has 2 amide bonds. The molecule has 39 heavy (non-hydrogen) atoms. The van der Waals surface area contributed by atoms with Crippen molar-refractivity contribution in [2.24, 2.45) is 0 Å². The molecular formula is C26H25N7O5S. The Kier molecular flexibility index (Phi) is 7.53. The molecular weight excluding hydrogens is 522 g/mol. The van der Waals surface area contributed by atoms with Gasteiger partial charge < -0.3 is 30.9 Å². The van der Waals surface area contributed by atoms with Crippen LogP contribution in [-0.4, -0.2) is 78.4 Å². The van der Waals surface area contributed by atoms with Crippen molar-refractivity contribution in [1.82, 2.24) is 29.7 Å². The number of likely N-dealkylation sites (N-methyl/N-ethyl adjacent to an activating group) is 1. The van der Waals surface area contributed by atoms with Crippen molar-refractivity contribution in [3.8, 4) is 11.8 Å². The molecule has 0 bridgehead atoms. The molecule has 0 spiro atoms. The van der Waals surface area contributed by atoms with E-state index in [1.807, 2.05) is 23.6 Å². The molecule has 1 saturated heterocycles. The molecule has 4 atom stereocenters. The highest BCUT2D eigenvalue weighted by atomic mass is 32.1. The number of hydrogen-bond donors (Lipinski definition) is 4. The average molecular weight is 548 g/mol. The fraction of sp³-hybridized carbons (Fsp3) is 0.269. The third kappa shape index (κ3) is 5.31. The van der Waals surface area contributed by atoms with Crippen LogP contribution >= 0.6 is 11.3 Å². The van der Waals surface area contributed by atoms with E-state index in [0.717, 1.165) is 4.88 Å². The number of carbonyl (C=O) groups is 2. The smallest absolute Gasteiger partial charge is 0.254 e. The Morgan fingerprint density at radius 2 is 1.97 bits per heavy atom. The van der Waals surface area contributed by atoms with Gasteiger partial charge in [-0.1, -0.05) is 30.2 Å². The summed E-state index contributed by atoms with van der Waals surface area (Å²) in [5.41, 5.74) is 7.10. The molecule has 3 aromatic heterocycles. The SMILES string of the molecule is CNC(=O)[C@H]1O[C@@H](n2cnc3c(N)nc(C#CCN(Cc4cccs4)C(=O)c4ccccc4)nc32)[C@H](O)C1O. The van der Waals surface area contributed by atoms with Crippen LogP contribution in [0, 0.1) is 11.8 Å². The van der Waals surface area contributed by atoms with Crippen molar-refractivity contribution in [3.63, 3.8) is 0 Å². The van der Waals surface area contributed by atoms with Crippen LogP contribution in [0.25, 0.3) is 11.2 Å². The quantitative estimate of drug-likeness (QED) is 0.252. The molecule has 4 aromatic rings. The topological polar surface area (TPSA) is 169 Å². The molecule has 1 fully saturated rings. The lowest BCUT2D eigenvalue weighted by Gasteiger charge is -2.19. The molecule has 1 unspecified atom stereocenters. The number of fused-ring (bicyclic) bond motifs is 1. The fourth-order valence-corrected chi connectivity index (χ4v) is 4.92. The lowest BCUT2D eigenvalue weighted by atomic mass is 10.1. The Hall–Kier alpha value is -4.35. The minimum absolute atomic E-state index is 0.0507. The number of rotatable bonds is 6. The number of aromatic nitrogens is 4. The molecule has 12 nitrogen and oxygen atoms in total. The second kappa shape index (κ2) is 11.2. The summed E-state index contributed by atoms with van der Waals surface area (Å²) in [6, 6.07) is 12.8. The van der Waals surface area contributed by atoms with Crippen molar-refractivity contribution >= 4 is 40.1 Å². The predicted octanol–water partition coefficient (Wildman–Crippen LogP) is 0.529. The third-order valence-electron chi connectivity index (χ3n) is 6.17. The zero-order valence-corrected chi connectivity index (χ0v) is 21.6. The first-order chi connectivity index (χ1) is 18.9. The Morgan fingerprint density at radius 3 is 2.69 bits per heavy atom. The van der Waals surface area contributed by atoms with E-state index < -0.39 is 30.4 Å². The third-order valence-corrected chi connectivity index (χ3v) is 7.03. The normalized spacial score (nSPS) is 20.4. The summed E-state index contributed by atoms with van der Waals surface area (Å²) in [5.74, 6) is 5.20. The van der Waals surface area contributed by atoms with Crippen LogP contribution in [0.15, 0.2) is 54.2 Å². The molecule has 200 valence electrons. The van der Waals surface area contributed by atoms with Gasteiger partial charge in [-0.3, -0.25) is 14.2 Å². The van der Waals surface area contributed by atoms with Crippen LogP contribution in [0.1, 0.15) is 27.3 Å². The fourth-order valence-electron chi connectivity index (χ4n) is 4.20. The van der Waals surface area contributed by atoms with Gasteiger partial charge in [0.05, 0.1) is 19.4 Å². The van der Waals surface area contributed by atoms with Crippen molar-refractivity contribution < 1.29 is 24.5 Å². The molecule has 0 aliphatic carbocycles. The largest absolute Gasteiger partial charge is 0.387 e. The summed E-state index contributed by atoms with van der Waals surface area (Å²) < 4.78 is 7.00. The Labute approximate surface area is 227 Å². The summed E-state index contributed by atoms with van der Waals surface area (Å²) in [6.07, 6.45) is -3.97. The lowest BCUT2D eigenvalue weighted by Crippen LogP contribution is -2.41. The van der Waals surface area contributed by atoms with Crippen LogP contribution in [0.5, 0.6) is 0 Å². The molecule has 5 N–H and O–H groups in total. The van der Waals surface area contributed by atoms with Crippen LogP contribution < -0.4 is 11.1 Å². The van der Waals surface area contributed by atoms with Gasteiger partial charge in [-0.2, -0.15) is 0 Å². The molecule has 1 aliphatic heterocycles. The summed E-state index contributed by atoms with van der Waals surface area (Å²) in [5, 5.41) is 25.2. The molecule has 13 heteroatoms. The number of carbonyl (C=O) groups excluding carboxylic acids is 2. The van der Waals surface area contributed by atoms with Gasteiger partial charge in [-0.25, -0.2) is 15.0 Å². The van der Waals surface area contributed by atoms with E-state index in [9.17, 15) is 19.8 Å². The van der Waals surface area contributed by atoms with Gasteiger partial charge >= 0.3 is 0 Å². The highest BCUT2D eigenvalue weighted by Crippen LogP contribution is 2.32. The van der Waals surface area contributed by atoms with Crippen LogP contribution in [0.4, 0.5) is 5.82 Å². The van der Waals surface area contributed by atoms with Crippen molar-refractivity contribution in [2.75, 3.05) is 19.3 Å². The van der Waals surface area contributed by atoms with Gasteiger partial charge in [0.1, 0.15) is 17.7 Å². The molecule has 0 saturated carbocycles. The number of thiophene rings is 1. The number of ether oxygens (including phenoxy) is 1. The standard InChI is InChI=1S/C26H25N7O5S/c1-28-24(36)21-19(34)20(35)26(38-21)33-14-29-18-22(27)30-17(31-23(18)33)10-5-11-32(13-16-9-6-12-39-16)25(37)15-7-3-2-4-8-15/h2-4,6-9,12,14,19-21,26,34-35H,11,13H2,1H3,(H,28,36)(H2,27,30,31)/t19?,20-,21+,26-/m1/s1. The van der Waals surface area contributed by atoms with Crippen molar-refractivity contribution in [3.05, 3.63) is 70.4 Å². The van der Waals surface area contributed by atoms with Crippen molar-refractivity contribution in [1.29, 1.82) is 0 Å². The van der Waals surface area contributed by atoms with E-state index in [1.165, 1.54) is 17.9 Å². The maximum absolute atomic E-state index is 13.2. The maximum atomic E-state index is 13.2. The lowest BCUT2D eigenvalue weighted by molar-refractivity contribution is -0.137. The van der Waals surface area contributed by atoms with E-state index in [2.05, 4.69) is 32.1 Å². The van der Waals surface area contributed by atoms with Crippen LogP contribution in [0.2, 0.25) is 0 Å². The number of anilines is 1. The zero-order chi connectivity index (χ0) is 27.5. The zero-order valence-electron chi connectivity index (χ0n) is 20.8. The van der Waals surface area contributed by atoms with Crippen LogP contribution in [-0.2, 0) is 16.1 Å². The minimum atomic E-state index is -1.46. The number of nitrogens with two attached hydrogens (primary N) is 1. The van der Waals surface area contributed by atoms with Gasteiger partial charge in [0, 0.05) is 17.5 Å². The van der Waals surface area contributed by atoms with Gasteiger partial charge in [0.25, 0.3) is 11.8 Å². The van der Waals surface area contributed by atoms with Gasteiger partial charge in [-0.15, -0.1) is 11.3 Å². The highest BCUT2D eigenvalue weighted by molar-refractivity contribution is 7.09. The number of aliphatic hydroxyl groups is 2. The van der Waals surface area contributed by atoms with E-state index in [0.29, 0.717) is 12.1 Å². The van der Waals surface area contributed by atoms with Crippen LogP contribution in [0.3, 0.4) is 0 Å². The van der Waals surface area contributed by atoms with Gasteiger partial charge in [0.15, 0.2) is 23.8 Å². The van der Waals surface area contributed by atoms with E-state index in [1.54, 1.807) is 40.5 Å². The van der Waals surface area contributed by atoms with Gasteiger partial charge in [0.2, 0.25) is 5.82 Å². The monoisotopic (exact) mass is 547 g/mol. The first kappa shape index (κ1) is 26.3. The highest BCUT2D eigenvalue weighted by Gasteiger charge is 2.47. The first-order valence-corrected chi connectivity index (χ1v) is 12.8.